The number of nitrogens with zero attached hydrogens (tertiary/aromatic N) is 4. The molecule has 0 radical (unpaired) electrons. The lowest BCUT2D eigenvalue weighted by Crippen LogP contribution is -2.33. The Morgan fingerprint density at radius 2 is 1.11 bits per heavy atom. The molecule has 6 heteroatoms. The van der Waals surface area contributed by atoms with Crippen LogP contribution < -0.4 is 14.4 Å². The number of fused-ring (bicyclic) bond motifs is 13. The summed E-state index contributed by atoms with van der Waals surface area (Å²) in [7, 11) is 0. The van der Waals surface area contributed by atoms with Crippen LogP contribution in [0, 0.1) is 0 Å². The van der Waals surface area contributed by atoms with E-state index in [1.54, 1.807) is 0 Å². The van der Waals surface area contributed by atoms with E-state index < -0.39 is 5.41 Å². The largest absolute Gasteiger partial charge is 0.453 e. The molecule has 3 aliphatic rings. The molecule has 1 unspecified atom stereocenters. The highest BCUT2D eigenvalue weighted by atomic mass is 16.5. The van der Waals surface area contributed by atoms with Crippen LogP contribution in [0.2, 0.25) is 0 Å². The predicted molar refractivity (Wildman–Crippen MR) is 220 cm³/mol. The van der Waals surface area contributed by atoms with Gasteiger partial charge in [0.1, 0.15) is 5.75 Å². The van der Waals surface area contributed by atoms with Gasteiger partial charge in [-0.3, -0.25) is 9.97 Å². The lowest BCUT2D eigenvalue weighted by Gasteiger charge is -2.41. The summed E-state index contributed by atoms with van der Waals surface area (Å²) in [4.78, 5) is 17.6. The molecule has 6 aromatic carbocycles. The normalized spacial score (nSPS) is 15.5. The van der Waals surface area contributed by atoms with Gasteiger partial charge in [-0.25, -0.2) is 4.98 Å². The second-order valence-electron chi connectivity index (χ2n) is 14.3. The van der Waals surface area contributed by atoms with E-state index >= 15 is 0 Å². The van der Waals surface area contributed by atoms with E-state index in [0.717, 1.165) is 95.5 Å². The van der Waals surface area contributed by atoms with Crippen molar-refractivity contribution in [3.05, 3.63) is 205 Å². The molecule has 2 aliphatic heterocycles. The number of hydrogen-bond acceptors (Lipinski definition) is 6. The molecular weight excluding hydrogens is 689 g/mol. The third-order valence-electron chi connectivity index (χ3n) is 11.4. The van der Waals surface area contributed by atoms with Gasteiger partial charge in [-0.15, -0.1) is 0 Å². The van der Waals surface area contributed by atoms with Gasteiger partial charge in [0.15, 0.2) is 17.2 Å². The van der Waals surface area contributed by atoms with E-state index in [9.17, 15) is 0 Å². The molecular formula is C50H30N4O2. The van der Waals surface area contributed by atoms with Crippen molar-refractivity contribution in [1.29, 1.82) is 0 Å². The third-order valence-corrected chi connectivity index (χ3v) is 11.4. The maximum atomic E-state index is 6.99. The molecule has 0 amide bonds. The highest BCUT2D eigenvalue weighted by molar-refractivity contribution is 5.98. The third kappa shape index (κ3) is 4.18. The highest BCUT2D eigenvalue weighted by Gasteiger charge is 2.54. The van der Waals surface area contributed by atoms with Crippen LogP contribution in [0.15, 0.2) is 182 Å². The van der Waals surface area contributed by atoms with Gasteiger partial charge in [-0.05, 0) is 71.3 Å². The van der Waals surface area contributed by atoms with Gasteiger partial charge in [-0.1, -0.05) is 115 Å². The van der Waals surface area contributed by atoms with Crippen molar-refractivity contribution in [2.24, 2.45) is 0 Å². The summed E-state index contributed by atoms with van der Waals surface area (Å²) < 4.78 is 13.9. The van der Waals surface area contributed by atoms with E-state index in [4.69, 9.17) is 24.4 Å². The Bertz CT molecular complexity index is 3070. The predicted octanol–water partition coefficient (Wildman–Crippen LogP) is 12.4. The van der Waals surface area contributed by atoms with Crippen LogP contribution in [-0.4, -0.2) is 15.0 Å². The maximum absolute atomic E-state index is 6.99. The van der Waals surface area contributed by atoms with Gasteiger partial charge in [0.05, 0.1) is 39.4 Å². The molecule has 0 saturated heterocycles. The fraction of sp³-hybridized carbons (Fsp3) is 0.0200. The van der Waals surface area contributed by atoms with Gasteiger partial charge >= 0.3 is 0 Å². The van der Waals surface area contributed by atoms with E-state index in [0.29, 0.717) is 11.5 Å². The van der Waals surface area contributed by atoms with Crippen molar-refractivity contribution in [3.63, 3.8) is 0 Å². The van der Waals surface area contributed by atoms with Crippen molar-refractivity contribution in [1.82, 2.24) is 15.0 Å². The highest BCUT2D eigenvalue weighted by Crippen LogP contribution is 2.65. The zero-order chi connectivity index (χ0) is 36.8. The molecule has 0 bridgehead atoms. The fourth-order valence-electron chi connectivity index (χ4n) is 9.14. The van der Waals surface area contributed by atoms with E-state index in [1.807, 2.05) is 54.9 Å². The molecule has 56 heavy (non-hydrogen) atoms. The van der Waals surface area contributed by atoms with Gasteiger partial charge in [0, 0.05) is 45.7 Å². The van der Waals surface area contributed by atoms with Crippen LogP contribution in [0.5, 0.6) is 23.0 Å². The SMILES string of the molecule is c1ccc(N2c3ccccc3Oc3c2ccc2c3Oc3ccccc3C23c2cccnc2-c2nc(-c4ccccc4-c4cccc5cccnc45)ccc23)cc1. The molecule has 262 valence electrons. The molecule has 5 heterocycles. The Morgan fingerprint density at radius 3 is 2.04 bits per heavy atom. The van der Waals surface area contributed by atoms with E-state index in [-0.39, 0.29) is 0 Å². The Balaban J connectivity index is 1.10. The lowest BCUT2D eigenvalue weighted by molar-refractivity contribution is 0.391. The Labute approximate surface area is 323 Å². The molecule has 0 N–H and O–H groups in total. The minimum atomic E-state index is -0.777. The molecule has 12 rings (SSSR count). The van der Waals surface area contributed by atoms with Gasteiger partial charge in [0.2, 0.25) is 0 Å². The van der Waals surface area contributed by atoms with Gasteiger partial charge < -0.3 is 14.4 Å². The van der Waals surface area contributed by atoms with Crippen LogP contribution in [0.4, 0.5) is 17.1 Å². The maximum Gasteiger partial charge on any atom is 0.194 e. The quantitative estimate of drug-likeness (QED) is 0.181. The number of ether oxygens (including phenoxy) is 2. The van der Waals surface area contributed by atoms with Crippen LogP contribution in [-0.2, 0) is 5.41 Å². The summed E-state index contributed by atoms with van der Waals surface area (Å²) in [6.45, 7) is 0. The smallest absolute Gasteiger partial charge is 0.194 e. The first kappa shape index (κ1) is 30.8. The average Bonchev–Trinajstić information content (AvgIpc) is 3.55. The van der Waals surface area contributed by atoms with Crippen molar-refractivity contribution >= 4 is 28.0 Å². The van der Waals surface area contributed by atoms with Gasteiger partial charge in [-0.2, -0.15) is 0 Å². The standard InChI is InChI=1S/C50H30N4O2/c1-2-15-32(16-3-1)54-41-22-7-9-24-44(41)56-49-42(54)28-26-39-48(49)55-43-23-8-6-20-36(43)50(39)37-21-12-30-52-46(37)47-38(50)25-27-40(53-47)34-18-5-4-17-33(34)35-19-10-13-31-14-11-29-51-45(31)35/h1-30H. The minimum Gasteiger partial charge on any atom is -0.453 e. The molecule has 1 spiro atoms. The van der Waals surface area contributed by atoms with Crippen LogP contribution in [0.3, 0.4) is 0 Å². The molecule has 3 aromatic heterocycles. The van der Waals surface area contributed by atoms with Crippen LogP contribution in [0.1, 0.15) is 22.3 Å². The molecule has 6 nitrogen and oxygen atoms in total. The first-order valence-electron chi connectivity index (χ1n) is 18.8. The fourth-order valence-corrected chi connectivity index (χ4v) is 9.14. The summed E-state index contributed by atoms with van der Waals surface area (Å²) in [5.74, 6) is 2.87. The Morgan fingerprint density at radius 1 is 0.429 bits per heavy atom. The lowest BCUT2D eigenvalue weighted by atomic mass is 9.66. The van der Waals surface area contributed by atoms with Crippen molar-refractivity contribution in [3.8, 4) is 56.8 Å². The molecule has 9 aromatic rings. The first-order valence-corrected chi connectivity index (χ1v) is 18.8. The number of para-hydroxylation sites is 5. The molecule has 1 aliphatic carbocycles. The average molecular weight is 719 g/mol. The Kier molecular flexibility index (Phi) is 6.45. The van der Waals surface area contributed by atoms with Crippen molar-refractivity contribution in [2.45, 2.75) is 5.41 Å². The number of aromatic nitrogens is 3. The van der Waals surface area contributed by atoms with E-state index in [2.05, 4.69) is 132 Å². The number of hydrogen-bond donors (Lipinski definition) is 0. The Hall–Kier alpha value is -7.57. The molecule has 1 atom stereocenters. The zero-order valence-corrected chi connectivity index (χ0v) is 29.9. The topological polar surface area (TPSA) is 60.4 Å². The van der Waals surface area contributed by atoms with Crippen LogP contribution >= 0.6 is 0 Å². The number of anilines is 3. The summed E-state index contributed by atoms with van der Waals surface area (Å²) in [6.07, 6.45) is 3.72. The van der Waals surface area contributed by atoms with Crippen molar-refractivity contribution < 1.29 is 9.47 Å². The summed E-state index contributed by atoms with van der Waals surface area (Å²) in [5.41, 5.74) is 12.9. The van der Waals surface area contributed by atoms with Gasteiger partial charge in [0.25, 0.3) is 0 Å². The zero-order valence-electron chi connectivity index (χ0n) is 29.9. The molecule has 0 fully saturated rings. The number of rotatable bonds is 3. The first-order chi connectivity index (χ1) is 27.8. The number of pyridine rings is 3. The second-order valence-corrected chi connectivity index (χ2v) is 14.3. The second kappa shape index (κ2) is 11.7. The minimum absolute atomic E-state index is 0.667. The monoisotopic (exact) mass is 718 g/mol. The summed E-state index contributed by atoms with van der Waals surface area (Å²) >= 11 is 0. The summed E-state index contributed by atoms with van der Waals surface area (Å²) in [6, 6.07) is 58.8. The number of benzene rings is 6. The van der Waals surface area contributed by atoms with E-state index in [1.165, 1.54) is 0 Å². The van der Waals surface area contributed by atoms with Crippen molar-refractivity contribution in [2.75, 3.05) is 4.90 Å². The molecule has 0 saturated carbocycles. The summed E-state index contributed by atoms with van der Waals surface area (Å²) in [5, 5.41) is 1.10. The van der Waals surface area contributed by atoms with Crippen LogP contribution in [0.25, 0.3) is 44.7 Å².